The Balaban J connectivity index is 3.83. The van der Waals surface area contributed by atoms with Gasteiger partial charge in [-0.3, -0.25) is 4.79 Å². The van der Waals surface area contributed by atoms with Crippen molar-refractivity contribution in [1.82, 2.24) is 0 Å². The number of allylic oxidation sites excluding steroid dienone is 2. The van der Waals surface area contributed by atoms with Crippen LogP contribution in [0.3, 0.4) is 0 Å². The van der Waals surface area contributed by atoms with Gasteiger partial charge in [-0.2, -0.15) is 0 Å². The third-order valence-electron chi connectivity index (χ3n) is 13.7. The van der Waals surface area contributed by atoms with Gasteiger partial charge in [-0.25, -0.2) is 0 Å². The zero-order chi connectivity index (χ0) is 44.4. The van der Waals surface area contributed by atoms with Crippen LogP contribution in [0.25, 0.3) is 0 Å². The van der Waals surface area contributed by atoms with Crippen molar-refractivity contribution in [2.75, 3.05) is 11.9 Å². The van der Waals surface area contributed by atoms with E-state index < -0.39 is 0 Å². The second-order valence-corrected chi connectivity index (χ2v) is 21.2. The number of alkyl halides is 1. The molecule has 0 radical (unpaired) electrons. The molecule has 0 aromatic rings. The van der Waals surface area contributed by atoms with Gasteiger partial charge in [0.25, 0.3) is 0 Å². The summed E-state index contributed by atoms with van der Waals surface area (Å²) in [7, 11) is 0. The van der Waals surface area contributed by atoms with E-state index in [-0.39, 0.29) is 11.4 Å². The monoisotopic (exact) mass is 919 g/mol. The molecule has 61 heavy (non-hydrogen) atoms. The Morgan fingerprint density at radius 1 is 0.410 bits per heavy atom. The van der Waals surface area contributed by atoms with Crippen LogP contribution in [0.2, 0.25) is 0 Å². The van der Waals surface area contributed by atoms with Gasteiger partial charge in [0, 0.05) is 5.33 Å². The zero-order valence-electron chi connectivity index (χ0n) is 42.0. The smallest absolute Gasteiger partial charge is 0.311 e. The minimum Gasteiger partial charge on any atom is -0.465 e. The summed E-state index contributed by atoms with van der Waals surface area (Å²) in [5.41, 5.74) is -0.368. The van der Waals surface area contributed by atoms with Crippen LogP contribution >= 0.6 is 15.9 Å². The lowest BCUT2D eigenvalue weighted by Gasteiger charge is -2.25. The molecule has 0 spiro atoms. The molecule has 0 aromatic carbocycles. The van der Waals surface area contributed by atoms with Gasteiger partial charge in [0.1, 0.15) is 0 Å². The minimum atomic E-state index is -0.368. The van der Waals surface area contributed by atoms with E-state index >= 15 is 0 Å². The van der Waals surface area contributed by atoms with Gasteiger partial charge < -0.3 is 4.74 Å². The van der Waals surface area contributed by atoms with Gasteiger partial charge in [0.15, 0.2) is 0 Å². The molecule has 0 aliphatic heterocycles. The van der Waals surface area contributed by atoms with E-state index in [1.165, 1.54) is 281 Å². The summed E-state index contributed by atoms with van der Waals surface area (Å²) >= 11 is 3.53. The Hall–Kier alpha value is -0.570. The number of hydrogen-bond donors (Lipinski definition) is 0. The summed E-state index contributed by atoms with van der Waals surface area (Å²) in [5.74, 6) is 0.564. The summed E-state index contributed by atoms with van der Waals surface area (Å²) < 4.78 is 6.09. The first kappa shape index (κ1) is 60.4. The van der Waals surface area contributed by atoms with Crippen molar-refractivity contribution in [2.45, 2.75) is 316 Å². The van der Waals surface area contributed by atoms with E-state index in [0.717, 1.165) is 25.7 Å². The van der Waals surface area contributed by atoms with Crippen molar-refractivity contribution in [3.05, 3.63) is 25.3 Å². The molecule has 0 unspecified atom stereocenters. The molecule has 0 heterocycles. The highest BCUT2D eigenvalue weighted by molar-refractivity contribution is 9.09. The average molecular weight is 920 g/mol. The van der Waals surface area contributed by atoms with E-state index in [0.29, 0.717) is 12.5 Å². The second-order valence-electron chi connectivity index (χ2n) is 20.4. The fourth-order valence-electron chi connectivity index (χ4n) is 9.27. The van der Waals surface area contributed by atoms with Crippen LogP contribution in [0.4, 0.5) is 0 Å². The van der Waals surface area contributed by atoms with Gasteiger partial charge in [0.2, 0.25) is 0 Å². The largest absolute Gasteiger partial charge is 0.465 e. The van der Waals surface area contributed by atoms with Crippen LogP contribution in [-0.2, 0) is 9.53 Å². The molecular formula is C58H111BrO2. The predicted octanol–water partition coefficient (Wildman–Crippen LogP) is 21.3. The fraction of sp³-hybridized carbons (Fsp3) is 0.914. The zero-order valence-corrected chi connectivity index (χ0v) is 43.6. The van der Waals surface area contributed by atoms with Crippen molar-refractivity contribution < 1.29 is 9.53 Å². The molecule has 0 saturated carbocycles. The molecule has 0 atom stereocenters. The first-order valence-electron chi connectivity index (χ1n) is 27.9. The van der Waals surface area contributed by atoms with Crippen molar-refractivity contribution >= 4 is 21.9 Å². The molecule has 0 amide bonds. The summed E-state index contributed by atoms with van der Waals surface area (Å²) in [6, 6.07) is 0. The Bertz CT molecular complexity index is 855. The van der Waals surface area contributed by atoms with Crippen molar-refractivity contribution in [1.29, 1.82) is 0 Å². The molecule has 0 saturated heterocycles. The maximum Gasteiger partial charge on any atom is 0.311 e. The number of carbonyl (C=O) groups is 1. The maximum atomic E-state index is 13.3. The Labute approximate surface area is 393 Å². The standard InChI is InChI=1S/C58H111BrO2/c1-5-7-9-11-13-35-39-43-47-51-56(52-48-44-40-36-14-12-10-8-6-2)55-61-57(60)58(3,4)53-49-45-41-37-33-31-29-27-25-23-21-19-17-15-16-18-20-22-24-26-28-30-32-34-38-42-46-50-54-59/h5-6,56H,1-2,7-55H2,3-4H3. The van der Waals surface area contributed by atoms with Crippen LogP contribution in [0.5, 0.6) is 0 Å². The molecule has 0 fully saturated rings. The Morgan fingerprint density at radius 2 is 0.656 bits per heavy atom. The number of esters is 1. The lowest BCUT2D eigenvalue weighted by Crippen LogP contribution is -2.28. The van der Waals surface area contributed by atoms with Gasteiger partial charge in [-0.15, -0.1) is 13.2 Å². The fourth-order valence-corrected chi connectivity index (χ4v) is 9.67. The maximum absolute atomic E-state index is 13.3. The summed E-state index contributed by atoms with van der Waals surface area (Å²) in [6.07, 6.45) is 68.2. The third kappa shape index (κ3) is 47.2. The van der Waals surface area contributed by atoms with E-state index in [1.807, 2.05) is 12.2 Å². The molecule has 0 aliphatic rings. The number of hydrogen-bond acceptors (Lipinski definition) is 2. The van der Waals surface area contributed by atoms with E-state index in [4.69, 9.17) is 4.74 Å². The minimum absolute atomic E-state index is 0.0380. The van der Waals surface area contributed by atoms with Gasteiger partial charge >= 0.3 is 5.97 Å². The van der Waals surface area contributed by atoms with E-state index in [1.54, 1.807) is 0 Å². The first-order chi connectivity index (χ1) is 30.0. The highest BCUT2D eigenvalue weighted by atomic mass is 79.9. The topological polar surface area (TPSA) is 26.3 Å². The normalized spacial score (nSPS) is 11.8. The molecule has 0 bridgehead atoms. The first-order valence-corrected chi connectivity index (χ1v) is 29.0. The van der Waals surface area contributed by atoms with Gasteiger partial charge in [-0.05, 0) is 71.1 Å². The number of carbonyl (C=O) groups excluding carboxylic acids is 1. The summed E-state index contributed by atoms with van der Waals surface area (Å²) in [4.78, 5) is 13.3. The van der Waals surface area contributed by atoms with Crippen molar-refractivity contribution in [3.8, 4) is 0 Å². The molecule has 0 rings (SSSR count). The number of unbranched alkanes of at least 4 members (excludes halogenated alkanes) is 41. The predicted molar refractivity (Wildman–Crippen MR) is 279 cm³/mol. The molecule has 2 nitrogen and oxygen atoms in total. The van der Waals surface area contributed by atoms with Crippen molar-refractivity contribution in [3.63, 3.8) is 0 Å². The Morgan fingerprint density at radius 3 is 0.934 bits per heavy atom. The quantitative estimate of drug-likeness (QED) is 0.0263. The lowest BCUT2D eigenvalue weighted by atomic mass is 9.86. The van der Waals surface area contributed by atoms with Crippen LogP contribution in [0, 0.1) is 11.3 Å². The van der Waals surface area contributed by atoms with Crippen molar-refractivity contribution in [2.24, 2.45) is 11.3 Å². The van der Waals surface area contributed by atoms with E-state index in [2.05, 4.69) is 42.9 Å². The van der Waals surface area contributed by atoms with Crippen LogP contribution in [0.15, 0.2) is 25.3 Å². The number of rotatable bonds is 53. The highest BCUT2D eigenvalue weighted by Crippen LogP contribution is 2.28. The van der Waals surface area contributed by atoms with Crippen LogP contribution in [-0.4, -0.2) is 17.9 Å². The van der Waals surface area contributed by atoms with Crippen LogP contribution < -0.4 is 0 Å². The third-order valence-corrected chi connectivity index (χ3v) is 14.3. The second kappa shape index (κ2) is 50.4. The number of halogens is 1. The molecule has 0 aliphatic carbocycles. The highest BCUT2D eigenvalue weighted by Gasteiger charge is 2.29. The molecule has 0 aromatic heterocycles. The molecule has 0 N–H and O–H groups in total. The molecule has 362 valence electrons. The molecule has 3 heteroatoms. The SMILES string of the molecule is C=CCCCCCCCCCC(CCCCCCCCCC=C)COC(=O)C(C)(C)CCCCCCCCCCCCCCCCCCCCCCCCCCCCCCBr. The van der Waals surface area contributed by atoms with Gasteiger partial charge in [0.05, 0.1) is 12.0 Å². The lowest BCUT2D eigenvalue weighted by molar-refractivity contribution is -0.156. The number of ether oxygens (including phenoxy) is 1. The Kier molecular flexibility index (Phi) is 50.0. The van der Waals surface area contributed by atoms with Gasteiger partial charge in [-0.1, -0.05) is 278 Å². The summed E-state index contributed by atoms with van der Waals surface area (Å²) in [5, 5.41) is 1.18. The van der Waals surface area contributed by atoms with Crippen LogP contribution in [0.1, 0.15) is 316 Å². The average Bonchev–Trinajstić information content (AvgIpc) is 3.26. The van der Waals surface area contributed by atoms with E-state index in [9.17, 15) is 4.79 Å². The molecular weight excluding hydrogens is 809 g/mol. The summed E-state index contributed by atoms with van der Waals surface area (Å²) in [6.45, 7) is 12.6.